The molecule has 0 bridgehead atoms. The fourth-order valence-corrected chi connectivity index (χ4v) is 4.67. The van der Waals surface area contributed by atoms with Gasteiger partial charge in [-0.15, -0.1) is 5.53 Å². The summed E-state index contributed by atoms with van der Waals surface area (Å²) in [7, 11) is 0. The molecule has 2 aromatic rings. The molecule has 0 aliphatic carbocycles. The summed E-state index contributed by atoms with van der Waals surface area (Å²) in [5, 5.41) is 10.1. The van der Waals surface area contributed by atoms with Gasteiger partial charge in [-0.05, 0) is 67.3 Å². The van der Waals surface area contributed by atoms with Crippen molar-refractivity contribution in [3.05, 3.63) is 76.0 Å². The molecule has 3 aliphatic heterocycles. The fourth-order valence-electron chi connectivity index (χ4n) is 4.48. The molecule has 2 aromatic carbocycles. The molecule has 1 unspecified atom stereocenters. The highest BCUT2D eigenvalue weighted by Gasteiger charge is 2.30. The van der Waals surface area contributed by atoms with Gasteiger partial charge in [-0.1, -0.05) is 35.9 Å². The molecule has 29 heavy (non-hydrogen) atoms. The van der Waals surface area contributed by atoms with Crippen molar-refractivity contribution in [2.45, 2.75) is 25.8 Å². The van der Waals surface area contributed by atoms with Crippen molar-refractivity contribution in [1.29, 1.82) is 0 Å². The van der Waals surface area contributed by atoms with Crippen molar-refractivity contribution in [1.82, 2.24) is 21.3 Å². The van der Waals surface area contributed by atoms with Gasteiger partial charge in [0.05, 0.1) is 17.4 Å². The molecule has 4 N–H and O–H groups in total. The summed E-state index contributed by atoms with van der Waals surface area (Å²) < 4.78 is 0. The Hall–Kier alpha value is -2.47. The summed E-state index contributed by atoms with van der Waals surface area (Å²) in [5.74, 6) is 0. The Kier molecular flexibility index (Phi) is 4.96. The van der Waals surface area contributed by atoms with Crippen LogP contribution in [-0.4, -0.2) is 24.6 Å². The minimum absolute atomic E-state index is 0.207. The van der Waals surface area contributed by atoms with E-state index < -0.39 is 0 Å². The number of hydrazine groups is 2. The lowest BCUT2D eigenvalue weighted by Crippen LogP contribution is -2.37. The first-order valence-corrected chi connectivity index (χ1v) is 10.6. The van der Waals surface area contributed by atoms with Gasteiger partial charge in [-0.2, -0.15) is 0 Å². The molecule has 5 rings (SSSR count). The summed E-state index contributed by atoms with van der Waals surface area (Å²) in [4.78, 5) is 0. The van der Waals surface area contributed by atoms with Crippen LogP contribution in [0.3, 0.4) is 0 Å². The van der Waals surface area contributed by atoms with Gasteiger partial charge in [-0.25, -0.2) is 0 Å². The van der Waals surface area contributed by atoms with E-state index in [0.29, 0.717) is 0 Å². The summed E-state index contributed by atoms with van der Waals surface area (Å²) in [6, 6.07) is 15.1. The lowest BCUT2D eigenvalue weighted by molar-refractivity contribution is 0.281. The van der Waals surface area contributed by atoms with Gasteiger partial charge in [0.25, 0.3) is 0 Å². The molecule has 0 saturated heterocycles. The Bertz CT molecular complexity index is 997. The number of rotatable bonds is 3. The smallest absolute Gasteiger partial charge is 0.0814 e. The molecular formula is C23H26ClN5. The second-order valence-corrected chi connectivity index (χ2v) is 8.28. The van der Waals surface area contributed by atoms with Gasteiger partial charge in [-0.3, -0.25) is 5.01 Å². The van der Waals surface area contributed by atoms with E-state index in [0.717, 1.165) is 48.9 Å². The topological polar surface area (TPSA) is 51.4 Å². The number of allylic oxidation sites excluding steroid dienone is 1. The Morgan fingerprint density at radius 2 is 2.10 bits per heavy atom. The van der Waals surface area contributed by atoms with Crippen molar-refractivity contribution in [3.63, 3.8) is 0 Å². The van der Waals surface area contributed by atoms with Crippen LogP contribution in [0.25, 0.3) is 11.3 Å². The first-order chi connectivity index (χ1) is 14.2. The molecule has 0 spiro atoms. The maximum absolute atomic E-state index is 6.23. The first kappa shape index (κ1) is 18.6. The molecule has 0 amide bonds. The summed E-state index contributed by atoms with van der Waals surface area (Å²) in [5.41, 5.74) is 15.4. The van der Waals surface area contributed by atoms with Crippen LogP contribution < -0.4 is 21.6 Å². The molecule has 6 heteroatoms. The molecule has 3 heterocycles. The van der Waals surface area contributed by atoms with E-state index in [9.17, 15) is 0 Å². The number of hydrogen-bond acceptors (Lipinski definition) is 5. The minimum atomic E-state index is 0.207. The zero-order chi connectivity index (χ0) is 19.8. The number of nitrogens with zero attached hydrogens (tertiary/aromatic N) is 1. The lowest BCUT2D eigenvalue weighted by Gasteiger charge is -2.23. The van der Waals surface area contributed by atoms with E-state index in [2.05, 4.69) is 63.9 Å². The third kappa shape index (κ3) is 3.62. The zero-order valence-corrected chi connectivity index (χ0v) is 17.3. The van der Waals surface area contributed by atoms with E-state index in [1.165, 1.54) is 28.0 Å². The van der Waals surface area contributed by atoms with E-state index in [4.69, 9.17) is 11.6 Å². The highest BCUT2D eigenvalue weighted by molar-refractivity contribution is 6.30. The van der Waals surface area contributed by atoms with Crippen LogP contribution >= 0.6 is 11.6 Å². The van der Waals surface area contributed by atoms with E-state index in [1.54, 1.807) is 0 Å². The standard InChI is InChI=1S/C23H26ClN5/c1-15-23-20-6-5-17(16-7-10-25-11-8-16)13-21(20)22(9-12-29(23)28-27-15)26-19-4-2-3-18(24)14-19/h2-7,13-14,22,25-28H,8-12H2,1H3. The summed E-state index contributed by atoms with van der Waals surface area (Å²) in [6.07, 6.45) is 4.37. The van der Waals surface area contributed by atoms with Crippen molar-refractivity contribution >= 4 is 28.6 Å². The van der Waals surface area contributed by atoms with Crippen molar-refractivity contribution in [3.8, 4) is 0 Å². The van der Waals surface area contributed by atoms with E-state index >= 15 is 0 Å². The van der Waals surface area contributed by atoms with Crippen LogP contribution in [-0.2, 0) is 0 Å². The second-order valence-electron chi connectivity index (χ2n) is 7.84. The third-order valence-corrected chi connectivity index (χ3v) is 6.16. The summed E-state index contributed by atoms with van der Waals surface area (Å²) >= 11 is 6.23. The van der Waals surface area contributed by atoms with Crippen molar-refractivity contribution < 1.29 is 0 Å². The Morgan fingerprint density at radius 3 is 2.93 bits per heavy atom. The van der Waals surface area contributed by atoms with Gasteiger partial charge in [0, 0.05) is 29.4 Å². The van der Waals surface area contributed by atoms with Crippen LogP contribution in [0.4, 0.5) is 5.69 Å². The molecule has 5 nitrogen and oxygen atoms in total. The molecule has 1 atom stereocenters. The average molecular weight is 408 g/mol. The number of hydrogen-bond donors (Lipinski definition) is 4. The number of anilines is 1. The average Bonchev–Trinajstić information content (AvgIpc) is 3.03. The quantitative estimate of drug-likeness (QED) is 0.611. The van der Waals surface area contributed by atoms with Gasteiger partial charge in [0.1, 0.15) is 0 Å². The number of fused-ring (bicyclic) bond motifs is 3. The molecule has 0 radical (unpaired) electrons. The molecule has 0 fully saturated rings. The Morgan fingerprint density at radius 1 is 1.17 bits per heavy atom. The highest BCUT2D eigenvalue weighted by atomic mass is 35.5. The molecule has 0 aromatic heterocycles. The van der Waals surface area contributed by atoms with Gasteiger partial charge in [0.15, 0.2) is 0 Å². The van der Waals surface area contributed by atoms with Gasteiger partial charge in [0.2, 0.25) is 0 Å². The highest BCUT2D eigenvalue weighted by Crippen LogP contribution is 2.38. The van der Waals surface area contributed by atoms with Crippen LogP contribution in [0, 0.1) is 0 Å². The summed E-state index contributed by atoms with van der Waals surface area (Å²) in [6.45, 7) is 5.02. The Balaban J connectivity index is 1.59. The third-order valence-electron chi connectivity index (χ3n) is 5.93. The van der Waals surface area contributed by atoms with Crippen LogP contribution in [0.15, 0.2) is 54.2 Å². The van der Waals surface area contributed by atoms with Crippen LogP contribution in [0.1, 0.15) is 42.5 Å². The maximum atomic E-state index is 6.23. The minimum Gasteiger partial charge on any atom is -0.378 e. The first-order valence-electron chi connectivity index (χ1n) is 10.3. The van der Waals surface area contributed by atoms with E-state index in [1.807, 2.05) is 18.2 Å². The predicted molar refractivity (Wildman–Crippen MR) is 120 cm³/mol. The Labute approximate surface area is 176 Å². The van der Waals surface area contributed by atoms with Crippen molar-refractivity contribution in [2.24, 2.45) is 0 Å². The SMILES string of the molecule is CC1=C2c3ccc(C4=CCNCC4)cc3C(Nc3cccc(Cl)c3)CCN2NN1. The fraction of sp³-hybridized carbons (Fsp3) is 0.304. The van der Waals surface area contributed by atoms with Gasteiger partial charge < -0.3 is 16.1 Å². The molecule has 0 saturated carbocycles. The van der Waals surface area contributed by atoms with Crippen LogP contribution in [0.2, 0.25) is 5.02 Å². The predicted octanol–water partition coefficient (Wildman–Crippen LogP) is 4.29. The van der Waals surface area contributed by atoms with E-state index in [-0.39, 0.29) is 6.04 Å². The van der Waals surface area contributed by atoms with Crippen molar-refractivity contribution in [2.75, 3.05) is 25.0 Å². The van der Waals surface area contributed by atoms with Crippen LogP contribution in [0.5, 0.6) is 0 Å². The number of benzene rings is 2. The normalized spacial score (nSPS) is 21.1. The molecular weight excluding hydrogens is 382 g/mol. The zero-order valence-electron chi connectivity index (χ0n) is 16.6. The monoisotopic (exact) mass is 407 g/mol. The number of nitrogens with one attached hydrogen (secondary N) is 4. The largest absolute Gasteiger partial charge is 0.378 e. The number of halogens is 1. The molecule has 3 aliphatic rings. The lowest BCUT2D eigenvalue weighted by atomic mass is 9.91. The van der Waals surface area contributed by atoms with Gasteiger partial charge >= 0.3 is 0 Å². The molecule has 150 valence electrons. The maximum Gasteiger partial charge on any atom is 0.0814 e. The second kappa shape index (κ2) is 7.75.